The maximum absolute atomic E-state index is 13.1. The molecule has 0 amide bonds. The summed E-state index contributed by atoms with van der Waals surface area (Å²) >= 11 is 1.01. The van der Waals surface area contributed by atoms with Gasteiger partial charge in [0, 0.05) is 16.1 Å². The van der Waals surface area contributed by atoms with E-state index in [0.29, 0.717) is 10.6 Å². The molecule has 0 aliphatic carbocycles. The number of benzene rings is 2. The molecule has 0 spiro atoms. The van der Waals surface area contributed by atoms with Crippen LogP contribution in [0, 0.1) is 11.3 Å². The van der Waals surface area contributed by atoms with Crippen molar-refractivity contribution in [2.24, 2.45) is 5.73 Å². The number of allylic oxidation sites excluding steroid dienone is 1. The van der Waals surface area contributed by atoms with Crippen LogP contribution in [0.3, 0.4) is 0 Å². The van der Waals surface area contributed by atoms with Crippen molar-refractivity contribution in [3.05, 3.63) is 64.7 Å². The van der Waals surface area contributed by atoms with Crippen LogP contribution in [-0.4, -0.2) is 0 Å². The van der Waals surface area contributed by atoms with Crippen LogP contribution in [0.25, 0.3) is 5.57 Å². The summed E-state index contributed by atoms with van der Waals surface area (Å²) in [5.74, 6) is 0. The number of nitrogens with zero attached hydrogens (tertiary/aromatic N) is 1. The lowest BCUT2D eigenvalue weighted by Crippen LogP contribution is -2.10. The first-order valence-electron chi connectivity index (χ1n) is 6.42. The van der Waals surface area contributed by atoms with Crippen LogP contribution in [0.15, 0.2) is 58.5 Å². The van der Waals surface area contributed by atoms with Gasteiger partial charge in [0.2, 0.25) is 0 Å². The number of hydrogen-bond acceptors (Lipinski definition) is 4. The molecule has 0 aliphatic heterocycles. The lowest BCUT2D eigenvalue weighted by molar-refractivity contribution is -0.137. The standard InChI is InChI=1S/C16H12F3N3S/c17-16(18,19)14-4-2-1-3-12(14)13(9-20)15(22)23-11-7-5-10(21)6-8-11/h1-8H,21-22H2. The van der Waals surface area contributed by atoms with Gasteiger partial charge in [0.25, 0.3) is 0 Å². The van der Waals surface area contributed by atoms with Gasteiger partial charge in [-0.25, -0.2) is 0 Å². The summed E-state index contributed by atoms with van der Waals surface area (Å²) in [5, 5.41) is 9.27. The van der Waals surface area contributed by atoms with Crippen molar-refractivity contribution in [3.8, 4) is 6.07 Å². The number of nitrogen functional groups attached to an aromatic ring is 1. The minimum absolute atomic E-state index is 0.00558. The third-order valence-corrected chi connectivity index (χ3v) is 3.90. The molecule has 4 N–H and O–H groups in total. The Labute approximate surface area is 135 Å². The Hall–Kier alpha value is -2.59. The van der Waals surface area contributed by atoms with E-state index in [9.17, 15) is 18.4 Å². The fourth-order valence-electron chi connectivity index (χ4n) is 1.91. The van der Waals surface area contributed by atoms with E-state index in [1.807, 2.05) is 0 Å². The van der Waals surface area contributed by atoms with Crippen LogP contribution >= 0.6 is 11.8 Å². The van der Waals surface area contributed by atoms with Gasteiger partial charge < -0.3 is 11.5 Å². The minimum Gasteiger partial charge on any atom is -0.399 e. The second-order valence-electron chi connectivity index (χ2n) is 4.57. The van der Waals surface area contributed by atoms with Crippen LogP contribution in [0.4, 0.5) is 18.9 Å². The molecule has 2 aromatic rings. The highest BCUT2D eigenvalue weighted by atomic mass is 32.2. The summed E-state index contributed by atoms with van der Waals surface area (Å²) in [6.45, 7) is 0. The van der Waals surface area contributed by atoms with Crippen molar-refractivity contribution >= 4 is 23.0 Å². The molecule has 23 heavy (non-hydrogen) atoms. The number of alkyl halides is 3. The average Bonchev–Trinajstić information content (AvgIpc) is 2.50. The van der Waals surface area contributed by atoms with Crippen molar-refractivity contribution < 1.29 is 13.2 Å². The predicted octanol–water partition coefficient (Wildman–Crippen LogP) is 4.23. The van der Waals surface area contributed by atoms with Gasteiger partial charge in [0.1, 0.15) is 6.07 Å². The molecular formula is C16H12F3N3S. The molecular weight excluding hydrogens is 323 g/mol. The summed E-state index contributed by atoms with van der Waals surface area (Å²) in [6, 6.07) is 13.3. The molecule has 118 valence electrons. The number of nitrogens with two attached hydrogens (primary N) is 2. The van der Waals surface area contributed by atoms with E-state index >= 15 is 0 Å². The summed E-state index contributed by atoms with van der Waals surface area (Å²) in [7, 11) is 0. The second-order valence-corrected chi connectivity index (χ2v) is 5.68. The van der Waals surface area contributed by atoms with E-state index in [1.54, 1.807) is 30.3 Å². The molecule has 0 fully saturated rings. The molecule has 0 bridgehead atoms. The van der Waals surface area contributed by atoms with Crippen LogP contribution in [-0.2, 0) is 6.18 Å². The van der Waals surface area contributed by atoms with Crippen molar-refractivity contribution in [1.29, 1.82) is 5.26 Å². The molecule has 2 aromatic carbocycles. The second kappa shape index (κ2) is 6.67. The zero-order chi connectivity index (χ0) is 17.0. The van der Waals surface area contributed by atoms with E-state index in [1.165, 1.54) is 18.2 Å². The monoisotopic (exact) mass is 335 g/mol. The smallest absolute Gasteiger partial charge is 0.399 e. The minimum atomic E-state index is -4.56. The Morgan fingerprint density at radius 2 is 1.65 bits per heavy atom. The van der Waals surface area contributed by atoms with Gasteiger partial charge >= 0.3 is 6.18 Å². The van der Waals surface area contributed by atoms with Gasteiger partial charge in [-0.15, -0.1) is 0 Å². The van der Waals surface area contributed by atoms with Crippen LogP contribution < -0.4 is 11.5 Å². The number of thioether (sulfide) groups is 1. The lowest BCUT2D eigenvalue weighted by Gasteiger charge is -2.13. The van der Waals surface area contributed by atoms with Gasteiger partial charge in [-0.05, 0) is 30.3 Å². The molecule has 2 rings (SSSR count). The Kier molecular flexibility index (Phi) is 4.86. The number of rotatable bonds is 3. The third-order valence-electron chi connectivity index (χ3n) is 2.97. The SMILES string of the molecule is N#CC(=C(N)Sc1ccc(N)cc1)c1ccccc1C(F)(F)F. The van der Waals surface area contributed by atoms with Crippen molar-refractivity contribution in [1.82, 2.24) is 0 Å². The topological polar surface area (TPSA) is 75.8 Å². The molecule has 3 nitrogen and oxygen atoms in total. The Morgan fingerprint density at radius 3 is 2.22 bits per heavy atom. The summed E-state index contributed by atoms with van der Waals surface area (Å²) < 4.78 is 39.3. The summed E-state index contributed by atoms with van der Waals surface area (Å²) in [6.07, 6.45) is -4.56. The fraction of sp³-hybridized carbons (Fsp3) is 0.0625. The molecule has 0 aliphatic rings. The summed E-state index contributed by atoms with van der Waals surface area (Å²) in [4.78, 5) is 0.675. The number of nitriles is 1. The predicted molar refractivity (Wildman–Crippen MR) is 84.9 cm³/mol. The Morgan fingerprint density at radius 1 is 1.04 bits per heavy atom. The van der Waals surface area contributed by atoms with E-state index in [2.05, 4.69) is 0 Å². The van der Waals surface area contributed by atoms with Crippen LogP contribution in [0.5, 0.6) is 0 Å². The first kappa shape index (κ1) is 16.8. The van der Waals surface area contributed by atoms with Gasteiger partial charge in [-0.3, -0.25) is 0 Å². The van der Waals surface area contributed by atoms with Gasteiger partial charge in [-0.2, -0.15) is 18.4 Å². The zero-order valence-corrected chi connectivity index (χ0v) is 12.6. The van der Waals surface area contributed by atoms with Crippen molar-refractivity contribution in [2.45, 2.75) is 11.1 Å². The van der Waals surface area contributed by atoms with Crippen LogP contribution in [0.1, 0.15) is 11.1 Å². The van der Waals surface area contributed by atoms with E-state index in [4.69, 9.17) is 11.5 Å². The van der Waals surface area contributed by atoms with Crippen molar-refractivity contribution in [3.63, 3.8) is 0 Å². The molecule has 0 radical (unpaired) electrons. The Bertz CT molecular complexity index is 774. The molecule has 0 saturated heterocycles. The quantitative estimate of drug-likeness (QED) is 0.500. The Balaban J connectivity index is 2.47. The maximum Gasteiger partial charge on any atom is 0.417 e. The van der Waals surface area contributed by atoms with Crippen LogP contribution in [0.2, 0.25) is 0 Å². The number of halogens is 3. The highest BCUT2D eigenvalue weighted by molar-refractivity contribution is 8.03. The highest BCUT2D eigenvalue weighted by Gasteiger charge is 2.34. The molecule has 0 aromatic heterocycles. The highest BCUT2D eigenvalue weighted by Crippen LogP contribution is 2.37. The van der Waals surface area contributed by atoms with Gasteiger partial charge in [0.05, 0.1) is 16.2 Å². The zero-order valence-electron chi connectivity index (χ0n) is 11.8. The molecule has 0 heterocycles. The first-order chi connectivity index (χ1) is 10.8. The molecule has 0 saturated carbocycles. The average molecular weight is 335 g/mol. The normalized spacial score (nSPS) is 12.4. The molecule has 7 heteroatoms. The third kappa shape index (κ3) is 3.99. The van der Waals surface area contributed by atoms with E-state index in [0.717, 1.165) is 17.8 Å². The lowest BCUT2D eigenvalue weighted by atomic mass is 10.0. The van der Waals surface area contributed by atoms with E-state index < -0.39 is 11.7 Å². The fourth-order valence-corrected chi connectivity index (χ4v) is 2.69. The van der Waals surface area contributed by atoms with Gasteiger partial charge in [0.15, 0.2) is 0 Å². The number of anilines is 1. The summed E-state index contributed by atoms with van der Waals surface area (Å²) in [5.41, 5.74) is 10.7. The maximum atomic E-state index is 13.1. The first-order valence-corrected chi connectivity index (χ1v) is 7.24. The number of hydrogen-bond donors (Lipinski definition) is 2. The van der Waals surface area contributed by atoms with Crippen molar-refractivity contribution in [2.75, 3.05) is 5.73 Å². The van der Waals surface area contributed by atoms with E-state index in [-0.39, 0.29) is 16.2 Å². The molecule has 0 unspecified atom stereocenters. The van der Waals surface area contributed by atoms with Gasteiger partial charge in [-0.1, -0.05) is 30.0 Å². The largest absolute Gasteiger partial charge is 0.417 e. The molecule has 0 atom stereocenters.